The van der Waals surface area contributed by atoms with E-state index in [9.17, 15) is 9.59 Å². The van der Waals surface area contributed by atoms with Crippen LogP contribution in [0.15, 0.2) is 18.2 Å². The van der Waals surface area contributed by atoms with E-state index in [1.165, 1.54) is 0 Å². The Morgan fingerprint density at radius 1 is 1.33 bits per heavy atom. The Kier molecular flexibility index (Phi) is 3.21. The fraction of sp³-hybridized carbons (Fsp3) is 0.429. The van der Waals surface area contributed by atoms with Gasteiger partial charge >= 0.3 is 6.03 Å². The highest BCUT2D eigenvalue weighted by Crippen LogP contribution is 2.39. The molecular weight excluding hydrogens is 276 g/mol. The molecule has 1 saturated heterocycles. The van der Waals surface area contributed by atoms with Gasteiger partial charge in [-0.2, -0.15) is 0 Å². The summed E-state index contributed by atoms with van der Waals surface area (Å²) >= 11 is 0. The average Bonchev–Trinajstić information content (AvgIpc) is 3.05. The zero-order valence-electron chi connectivity index (χ0n) is 11.6. The number of hydrogen-bond donors (Lipinski definition) is 2. The molecule has 112 valence electrons. The van der Waals surface area contributed by atoms with Crippen molar-refractivity contribution in [3.8, 4) is 11.5 Å². The quantitative estimate of drug-likeness (QED) is 0.792. The molecule has 0 bridgehead atoms. The maximum Gasteiger partial charge on any atom is 0.325 e. The lowest BCUT2D eigenvalue weighted by molar-refractivity contribution is -0.132. The highest BCUT2D eigenvalue weighted by atomic mass is 16.7. The van der Waals surface area contributed by atoms with Gasteiger partial charge in [0.1, 0.15) is 5.54 Å². The number of urea groups is 1. The molecule has 1 aromatic rings. The minimum atomic E-state index is -1.12. The maximum atomic E-state index is 12.6. The van der Waals surface area contributed by atoms with Crippen LogP contribution in [0.2, 0.25) is 0 Å². The number of fused-ring (bicyclic) bond motifs is 1. The predicted molar refractivity (Wildman–Crippen MR) is 71.9 cm³/mol. The highest BCUT2D eigenvalue weighted by molar-refractivity contribution is 6.07. The van der Waals surface area contributed by atoms with Gasteiger partial charge in [0.05, 0.1) is 13.2 Å². The van der Waals surface area contributed by atoms with Crippen molar-refractivity contribution in [2.45, 2.75) is 18.9 Å². The van der Waals surface area contributed by atoms with E-state index in [2.05, 4.69) is 5.32 Å². The van der Waals surface area contributed by atoms with Crippen LogP contribution in [0.3, 0.4) is 0 Å². The molecule has 3 rings (SSSR count). The van der Waals surface area contributed by atoms with E-state index in [0.717, 1.165) is 4.90 Å². The molecule has 1 fully saturated rings. The third kappa shape index (κ3) is 1.92. The Labute approximate surface area is 121 Å². The van der Waals surface area contributed by atoms with Crippen LogP contribution in [0, 0.1) is 0 Å². The van der Waals surface area contributed by atoms with Crippen LogP contribution >= 0.6 is 0 Å². The van der Waals surface area contributed by atoms with Crippen LogP contribution in [0.5, 0.6) is 11.5 Å². The topological polar surface area (TPSA) is 88.1 Å². The van der Waals surface area contributed by atoms with Gasteiger partial charge in [0.2, 0.25) is 6.79 Å². The number of carbonyl (C=O) groups excluding carboxylic acids is 2. The van der Waals surface area contributed by atoms with Crippen LogP contribution in [0.4, 0.5) is 4.79 Å². The number of nitrogens with zero attached hydrogens (tertiary/aromatic N) is 1. The molecule has 3 amide bonds. The van der Waals surface area contributed by atoms with Gasteiger partial charge in [-0.15, -0.1) is 0 Å². The van der Waals surface area contributed by atoms with Crippen molar-refractivity contribution in [2.75, 3.05) is 19.9 Å². The van der Waals surface area contributed by atoms with Gasteiger partial charge in [0.15, 0.2) is 11.5 Å². The summed E-state index contributed by atoms with van der Waals surface area (Å²) in [4.78, 5) is 25.6. The minimum Gasteiger partial charge on any atom is -0.454 e. The van der Waals surface area contributed by atoms with Crippen molar-refractivity contribution in [2.24, 2.45) is 0 Å². The van der Waals surface area contributed by atoms with Gasteiger partial charge in [-0.05, 0) is 24.1 Å². The minimum absolute atomic E-state index is 0.0169. The Bertz CT molecular complexity index is 603. The number of ether oxygens (including phenoxy) is 2. The van der Waals surface area contributed by atoms with Gasteiger partial charge in [0.25, 0.3) is 5.91 Å². The molecule has 0 aromatic heterocycles. The molecule has 1 aromatic carbocycles. The predicted octanol–water partition coefficient (Wildman–Crippen LogP) is 0.565. The molecule has 2 N–H and O–H groups in total. The normalized spacial score (nSPS) is 23.6. The lowest BCUT2D eigenvalue weighted by Crippen LogP contribution is -2.43. The molecule has 7 heteroatoms. The van der Waals surface area contributed by atoms with Crippen LogP contribution in [-0.4, -0.2) is 41.9 Å². The summed E-state index contributed by atoms with van der Waals surface area (Å²) in [6.45, 7) is 1.69. The largest absolute Gasteiger partial charge is 0.454 e. The fourth-order valence-electron chi connectivity index (χ4n) is 2.73. The first-order valence-electron chi connectivity index (χ1n) is 6.77. The number of rotatable bonds is 4. The van der Waals surface area contributed by atoms with Crippen molar-refractivity contribution >= 4 is 11.9 Å². The van der Waals surface area contributed by atoms with Gasteiger partial charge in [-0.1, -0.05) is 13.0 Å². The molecule has 1 atom stereocenters. The summed E-state index contributed by atoms with van der Waals surface area (Å²) in [6.07, 6.45) is 0.402. The van der Waals surface area contributed by atoms with Gasteiger partial charge < -0.3 is 19.9 Å². The molecule has 0 aliphatic carbocycles. The highest BCUT2D eigenvalue weighted by Gasteiger charge is 2.51. The van der Waals surface area contributed by atoms with E-state index in [1.54, 1.807) is 18.2 Å². The standard InChI is InChI=1S/C14H16N2O5/c1-2-14(12(18)16(5-6-17)13(19)15-14)9-3-4-10-11(7-9)21-8-20-10/h3-4,7,17H,2,5-6,8H2,1H3,(H,15,19). The summed E-state index contributed by atoms with van der Waals surface area (Å²) in [5.41, 5.74) is -0.471. The number of carbonyl (C=O) groups is 2. The number of amides is 3. The van der Waals surface area contributed by atoms with Crippen molar-refractivity contribution in [3.05, 3.63) is 23.8 Å². The Morgan fingerprint density at radius 2 is 2.10 bits per heavy atom. The van der Waals surface area contributed by atoms with Crippen LogP contribution in [-0.2, 0) is 10.3 Å². The second-order valence-electron chi connectivity index (χ2n) is 4.94. The van der Waals surface area contributed by atoms with E-state index in [4.69, 9.17) is 14.6 Å². The van der Waals surface area contributed by atoms with Crippen molar-refractivity contribution in [3.63, 3.8) is 0 Å². The third-order valence-electron chi connectivity index (χ3n) is 3.90. The fourth-order valence-corrected chi connectivity index (χ4v) is 2.73. The second kappa shape index (κ2) is 4.92. The van der Waals surface area contributed by atoms with E-state index in [1.807, 2.05) is 6.92 Å². The maximum absolute atomic E-state index is 12.6. The Hall–Kier alpha value is -2.28. The van der Waals surface area contributed by atoms with E-state index in [-0.39, 0.29) is 25.9 Å². The molecule has 2 aliphatic heterocycles. The van der Waals surface area contributed by atoms with Crippen LogP contribution < -0.4 is 14.8 Å². The van der Waals surface area contributed by atoms with Crippen LogP contribution in [0.1, 0.15) is 18.9 Å². The number of β-amino-alcohol motifs (C(OH)–C–C–N with tert-alkyl or cyclic N) is 1. The molecule has 0 radical (unpaired) electrons. The molecular formula is C14H16N2O5. The monoisotopic (exact) mass is 292 g/mol. The number of benzene rings is 1. The lowest BCUT2D eigenvalue weighted by Gasteiger charge is -2.25. The summed E-state index contributed by atoms with van der Waals surface area (Å²) in [6, 6.07) is 4.70. The van der Waals surface area contributed by atoms with E-state index < -0.39 is 11.6 Å². The number of aliphatic hydroxyl groups excluding tert-OH is 1. The average molecular weight is 292 g/mol. The zero-order chi connectivity index (χ0) is 15.0. The van der Waals surface area contributed by atoms with E-state index in [0.29, 0.717) is 23.5 Å². The van der Waals surface area contributed by atoms with Gasteiger partial charge in [-0.3, -0.25) is 9.69 Å². The molecule has 0 spiro atoms. The number of nitrogens with one attached hydrogen (secondary N) is 1. The lowest BCUT2D eigenvalue weighted by atomic mass is 9.87. The SMILES string of the molecule is CCC1(c2ccc3c(c2)OCO3)NC(=O)N(CCO)C1=O. The van der Waals surface area contributed by atoms with Gasteiger partial charge in [0, 0.05) is 0 Å². The number of aliphatic hydroxyl groups is 1. The first kappa shape index (κ1) is 13.7. The smallest absolute Gasteiger partial charge is 0.325 e. The number of hydrogen-bond acceptors (Lipinski definition) is 5. The van der Waals surface area contributed by atoms with Crippen molar-refractivity contribution < 1.29 is 24.2 Å². The van der Waals surface area contributed by atoms with Crippen LogP contribution in [0.25, 0.3) is 0 Å². The molecule has 21 heavy (non-hydrogen) atoms. The molecule has 0 saturated carbocycles. The molecule has 2 aliphatic rings. The Morgan fingerprint density at radius 3 is 2.81 bits per heavy atom. The molecule has 2 heterocycles. The first-order valence-corrected chi connectivity index (χ1v) is 6.77. The zero-order valence-corrected chi connectivity index (χ0v) is 11.6. The summed E-state index contributed by atoms with van der Waals surface area (Å²) in [5, 5.41) is 11.7. The summed E-state index contributed by atoms with van der Waals surface area (Å²) < 4.78 is 10.6. The van der Waals surface area contributed by atoms with Crippen molar-refractivity contribution in [1.82, 2.24) is 10.2 Å². The summed E-state index contributed by atoms with van der Waals surface area (Å²) in [5.74, 6) is 0.819. The molecule has 1 unspecified atom stereocenters. The summed E-state index contributed by atoms with van der Waals surface area (Å²) in [7, 11) is 0. The Balaban J connectivity index is 2.01. The third-order valence-corrected chi connectivity index (χ3v) is 3.90. The first-order chi connectivity index (χ1) is 10.1. The number of imide groups is 1. The van der Waals surface area contributed by atoms with Gasteiger partial charge in [-0.25, -0.2) is 4.79 Å². The molecule has 7 nitrogen and oxygen atoms in total. The van der Waals surface area contributed by atoms with Crippen molar-refractivity contribution in [1.29, 1.82) is 0 Å². The second-order valence-corrected chi connectivity index (χ2v) is 4.94. The van der Waals surface area contributed by atoms with E-state index >= 15 is 0 Å².